The van der Waals surface area contributed by atoms with E-state index in [1.165, 1.54) is 12.3 Å². The number of pyridine rings is 1. The lowest BCUT2D eigenvalue weighted by Crippen LogP contribution is -2.14. The first-order valence-corrected chi connectivity index (χ1v) is 5.60. The van der Waals surface area contributed by atoms with Crippen molar-refractivity contribution in [3.63, 3.8) is 0 Å². The van der Waals surface area contributed by atoms with Crippen LogP contribution in [0.5, 0.6) is 0 Å². The van der Waals surface area contributed by atoms with Crippen LogP contribution in [-0.4, -0.2) is 11.5 Å². The topological polar surface area (TPSA) is 24.9 Å². The number of hydrogen-bond acceptors (Lipinski definition) is 2. The highest BCUT2D eigenvalue weighted by Crippen LogP contribution is 2.16. The number of halogens is 2. The lowest BCUT2D eigenvalue weighted by atomic mass is 10.0. The Morgan fingerprint density at radius 1 is 1.47 bits per heavy atom. The maximum Gasteiger partial charge on any atom is 0.166 e. The molecule has 0 saturated carbocycles. The third-order valence-corrected chi connectivity index (χ3v) is 2.73. The van der Waals surface area contributed by atoms with Crippen molar-refractivity contribution in [2.45, 2.75) is 26.7 Å². The molecule has 0 unspecified atom stereocenters. The van der Waals surface area contributed by atoms with E-state index in [0.717, 1.165) is 19.4 Å². The lowest BCUT2D eigenvalue weighted by molar-refractivity contribution is 0.515. The molecule has 4 heteroatoms. The molecule has 0 fully saturated rings. The Bertz CT molecular complexity index is 313. The van der Waals surface area contributed by atoms with Crippen LogP contribution in [0.1, 0.15) is 26.7 Å². The average Bonchev–Trinajstić information content (AvgIpc) is 2.22. The van der Waals surface area contributed by atoms with Gasteiger partial charge in [-0.2, -0.15) is 0 Å². The highest BCUT2D eigenvalue weighted by Gasteiger charge is 2.07. The van der Waals surface area contributed by atoms with Gasteiger partial charge in [0.25, 0.3) is 0 Å². The van der Waals surface area contributed by atoms with E-state index >= 15 is 0 Å². The largest absolute Gasteiger partial charge is 0.367 e. The third kappa shape index (κ3) is 3.67. The highest BCUT2D eigenvalue weighted by atomic mass is 35.5. The fourth-order valence-electron chi connectivity index (χ4n) is 1.36. The molecule has 2 nitrogen and oxygen atoms in total. The molecule has 0 amide bonds. The van der Waals surface area contributed by atoms with E-state index < -0.39 is 5.82 Å². The zero-order valence-electron chi connectivity index (χ0n) is 9.06. The molecule has 1 heterocycles. The fourth-order valence-corrected chi connectivity index (χ4v) is 1.51. The average molecular weight is 231 g/mol. The van der Waals surface area contributed by atoms with Gasteiger partial charge in [0, 0.05) is 12.7 Å². The smallest absolute Gasteiger partial charge is 0.166 e. The molecule has 0 aliphatic carbocycles. The van der Waals surface area contributed by atoms with E-state index in [-0.39, 0.29) is 5.82 Å². The molecule has 0 radical (unpaired) electrons. The van der Waals surface area contributed by atoms with E-state index in [9.17, 15) is 4.39 Å². The van der Waals surface area contributed by atoms with E-state index in [1.807, 2.05) is 0 Å². The van der Waals surface area contributed by atoms with E-state index in [4.69, 9.17) is 11.6 Å². The molecule has 1 rings (SSSR count). The standard InChI is InChI=1S/C11H16ClFN2/c1-3-8(4-2)6-14-11-10(13)5-9(12)7-15-11/h5,7-8H,3-4,6H2,1-2H3,(H,14,15). The zero-order valence-corrected chi connectivity index (χ0v) is 9.81. The summed E-state index contributed by atoms with van der Waals surface area (Å²) in [6, 6.07) is 1.27. The minimum absolute atomic E-state index is 0.284. The predicted octanol–water partition coefficient (Wildman–Crippen LogP) is 3.72. The molecule has 0 aliphatic heterocycles. The molecule has 1 aromatic rings. The molecular weight excluding hydrogens is 215 g/mol. The summed E-state index contributed by atoms with van der Waals surface area (Å²) < 4.78 is 13.3. The van der Waals surface area contributed by atoms with Gasteiger partial charge >= 0.3 is 0 Å². The first-order chi connectivity index (χ1) is 7.17. The summed E-state index contributed by atoms with van der Waals surface area (Å²) in [5.41, 5.74) is 0. The van der Waals surface area contributed by atoms with Gasteiger partial charge in [-0.3, -0.25) is 0 Å². The van der Waals surface area contributed by atoms with Crippen molar-refractivity contribution in [2.75, 3.05) is 11.9 Å². The molecule has 0 saturated heterocycles. The van der Waals surface area contributed by atoms with Gasteiger partial charge in [0.15, 0.2) is 11.6 Å². The van der Waals surface area contributed by atoms with Crippen molar-refractivity contribution in [2.24, 2.45) is 5.92 Å². The molecule has 0 aromatic carbocycles. The monoisotopic (exact) mass is 230 g/mol. The van der Waals surface area contributed by atoms with Crippen molar-refractivity contribution >= 4 is 17.4 Å². The Hall–Kier alpha value is -0.830. The summed E-state index contributed by atoms with van der Waals surface area (Å²) in [4.78, 5) is 3.90. The third-order valence-electron chi connectivity index (χ3n) is 2.52. The minimum Gasteiger partial charge on any atom is -0.367 e. The maximum atomic E-state index is 13.3. The second-order valence-electron chi connectivity index (χ2n) is 3.55. The molecule has 1 N–H and O–H groups in total. The van der Waals surface area contributed by atoms with Crippen molar-refractivity contribution < 1.29 is 4.39 Å². The van der Waals surface area contributed by atoms with Gasteiger partial charge in [-0.25, -0.2) is 9.37 Å². The highest BCUT2D eigenvalue weighted by molar-refractivity contribution is 6.30. The molecule has 1 aromatic heterocycles. The van der Waals surface area contributed by atoms with Crippen LogP contribution in [0, 0.1) is 11.7 Å². The van der Waals surface area contributed by atoms with E-state index in [2.05, 4.69) is 24.1 Å². The van der Waals surface area contributed by atoms with Crippen LogP contribution < -0.4 is 5.32 Å². The predicted molar refractivity (Wildman–Crippen MR) is 61.8 cm³/mol. The van der Waals surface area contributed by atoms with Crippen LogP contribution >= 0.6 is 11.6 Å². The molecule has 0 spiro atoms. The van der Waals surface area contributed by atoms with Crippen LogP contribution in [0.4, 0.5) is 10.2 Å². The number of hydrogen-bond donors (Lipinski definition) is 1. The molecule has 0 bridgehead atoms. The first-order valence-electron chi connectivity index (χ1n) is 5.22. The van der Waals surface area contributed by atoms with E-state index in [0.29, 0.717) is 10.9 Å². The van der Waals surface area contributed by atoms with Gasteiger partial charge < -0.3 is 5.32 Å². The van der Waals surface area contributed by atoms with Gasteiger partial charge in [-0.05, 0) is 12.0 Å². The van der Waals surface area contributed by atoms with Gasteiger partial charge in [-0.15, -0.1) is 0 Å². The Kier molecular flexibility index (Phi) is 4.82. The molecule has 0 atom stereocenters. The zero-order chi connectivity index (χ0) is 11.3. The Balaban J connectivity index is 2.57. The molecule has 84 valence electrons. The minimum atomic E-state index is -0.395. The van der Waals surface area contributed by atoms with Gasteiger partial charge in [0.05, 0.1) is 5.02 Å². The Morgan fingerprint density at radius 3 is 2.67 bits per heavy atom. The second-order valence-corrected chi connectivity index (χ2v) is 3.98. The first kappa shape index (κ1) is 12.2. The Labute approximate surface area is 94.9 Å². The van der Waals surface area contributed by atoms with Crippen LogP contribution in [0.15, 0.2) is 12.3 Å². The van der Waals surface area contributed by atoms with Crippen LogP contribution in [0.2, 0.25) is 5.02 Å². The number of rotatable bonds is 5. The lowest BCUT2D eigenvalue weighted by Gasteiger charge is -2.13. The number of nitrogens with zero attached hydrogens (tertiary/aromatic N) is 1. The van der Waals surface area contributed by atoms with Crippen LogP contribution in [0.25, 0.3) is 0 Å². The number of nitrogens with one attached hydrogen (secondary N) is 1. The Morgan fingerprint density at radius 2 is 2.13 bits per heavy atom. The van der Waals surface area contributed by atoms with Crippen molar-refractivity contribution in [3.05, 3.63) is 23.1 Å². The SMILES string of the molecule is CCC(CC)CNc1ncc(Cl)cc1F. The normalized spacial score (nSPS) is 10.7. The summed E-state index contributed by atoms with van der Waals surface area (Å²) in [6.07, 6.45) is 3.61. The quantitative estimate of drug-likeness (QED) is 0.834. The van der Waals surface area contributed by atoms with Crippen molar-refractivity contribution in [3.8, 4) is 0 Å². The number of anilines is 1. The second kappa shape index (κ2) is 5.91. The summed E-state index contributed by atoms with van der Waals surface area (Å²) >= 11 is 5.60. The van der Waals surface area contributed by atoms with Gasteiger partial charge in [0.2, 0.25) is 0 Å². The van der Waals surface area contributed by atoms with Crippen LogP contribution in [-0.2, 0) is 0 Å². The van der Waals surface area contributed by atoms with Gasteiger partial charge in [-0.1, -0.05) is 38.3 Å². The summed E-state index contributed by atoms with van der Waals surface area (Å²) in [7, 11) is 0. The van der Waals surface area contributed by atoms with E-state index in [1.54, 1.807) is 0 Å². The summed E-state index contributed by atoms with van der Waals surface area (Å²) in [5.74, 6) is 0.446. The molecule has 15 heavy (non-hydrogen) atoms. The summed E-state index contributed by atoms with van der Waals surface area (Å²) in [5, 5.41) is 3.32. The molecule has 0 aliphatic rings. The van der Waals surface area contributed by atoms with Crippen LogP contribution in [0.3, 0.4) is 0 Å². The molecular formula is C11H16ClFN2. The van der Waals surface area contributed by atoms with Crippen molar-refractivity contribution in [1.29, 1.82) is 0 Å². The maximum absolute atomic E-state index is 13.3. The summed E-state index contributed by atoms with van der Waals surface area (Å²) in [6.45, 7) is 5.00. The fraction of sp³-hybridized carbons (Fsp3) is 0.545. The number of aromatic nitrogens is 1. The van der Waals surface area contributed by atoms with Crippen molar-refractivity contribution in [1.82, 2.24) is 4.98 Å². The van der Waals surface area contributed by atoms with Gasteiger partial charge in [0.1, 0.15) is 0 Å².